The first-order valence-corrected chi connectivity index (χ1v) is 10.0. The van der Waals surface area contributed by atoms with Gasteiger partial charge in [0.05, 0.1) is 16.1 Å². The lowest BCUT2D eigenvalue weighted by Crippen LogP contribution is -2.35. The lowest BCUT2D eigenvalue weighted by Gasteiger charge is -2.15. The first-order chi connectivity index (χ1) is 13.2. The van der Waals surface area contributed by atoms with Gasteiger partial charge in [0.1, 0.15) is 5.82 Å². The number of halogens is 1. The zero-order chi connectivity index (χ0) is 20.9. The molecule has 2 rings (SSSR count). The third-order valence-corrected chi connectivity index (χ3v) is 5.22. The van der Waals surface area contributed by atoms with Gasteiger partial charge in [-0.25, -0.2) is 17.6 Å². The van der Waals surface area contributed by atoms with Gasteiger partial charge in [0.15, 0.2) is 6.10 Å². The van der Waals surface area contributed by atoms with Crippen molar-refractivity contribution in [2.45, 2.75) is 31.8 Å². The van der Waals surface area contributed by atoms with E-state index in [4.69, 9.17) is 4.74 Å². The van der Waals surface area contributed by atoms with Crippen LogP contribution in [0.15, 0.2) is 47.4 Å². The number of esters is 1. The van der Waals surface area contributed by atoms with Crippen molar-refractivity contribution in [3.63, 3.8) is 0 Å². The van der Waals surface area contributed by atoms with Gasteiger partial charge in [0, 0.05) is 6.54 Å². The smallest absolute Gasteiger partial charge is 0.339 e. The van der Waals surface area contributed by atoms with Gasteiger partial charge in [0.2, 0.25) is 0 Å². The summed E-state index contributed by atoms with van der Waals surface area (Å²) in [6.45, 7) is 5.13. The van der Waals surface area contributed by atoms with Crippen LogP contribution in [0.1, 0.15) is 29.8 Å². The van der Waals surface area contributed by atoms with Crippen LogP contribution < -0.4 is 10.0 Å². The number of aryl methyl sites for hydroxylation is 1. The Morgan fingerprint density at radius 2 is 1.86 bits per heavy atom. The molecule has 0 spiro atoms. The molecule has 0 aliphatic rings. The average Bonchev–Trinajstić information content (AvgIpc) is 2.63. The fraction of sp³-hybridized carbons (Fsp3) is 0.263. The quantitative estimate of drug-likeness (QED) is 0.686. The fourth-order valence-corrected chi connectivity index (χ4v) is 3.42. The number of ether oxygens (including phenoxy) is 1. The van der Waals surface area contributed by atoms with Crippen LogP contribution in [0.2, 0.25) is 0 Å². The number of hydrogen-bond acceptors (Lipinski definition) is 5. The molecule has 9 heteroatoms. The van der Waals surface area contributed by atoms with Crippen LogP contribution in [0.4, 0.5) is 10.1 Å². The Kier molecular flexibility index (Phi) is 6.74. The summed E-state index contributed by atoms with van der Waals surface area (Å²) in [6, 6.07) is 9.18. The second-order valence-electron chi connectivity index (χ2n) is 6.00. The first-order valence-electron chi connectivity index (χ1n) is 8.52. The third kappa shape index (κ3) is 5.07. The highest BCUT2D eigenvalue weighted by atomic mass is 32.2. The Morgan fingerprint density at radius 1 is 1.18 bits per heavy atom. The molecule has 0 aromatic heterocycles. The summed E-state index contributed by atoms with van der Waals surface area (Å²) >= 11 is 0. The van der Waals surface area contributed by atoms with Crippen molar-refractivity contribution in [1.82, 2.24) is 5.32 Å². The molecule has 0 aliphatic heterocycles. The van der Waals surface area contributed by atoms with E-state index in [0.29, 0.717) is 12.1 Å². The van der Waals surface area contributed by atoms with E-state index in [1.165, 1.54) is 37.3 Å². The minimum absolute atomic E-state index is 0.00689. The van der Waals surface area contributed by atoms with Crippen LogP contribution in [-0.2, 0) is 19.6 Å². The topological polar surface area (TPSA) is 102 Å². The zero-order valence-corrected chi connectivity index (χ0v) is 16.5. The first kappa shape index (κ1) is 21.4. The Hall–Kier alpha value is -2.94. The molecule has 0 saturated heterocycles. The lowest BCUT2D eigenvalue weighted by atomic mass is 10.1. The maximum absolute atomic E-state index is 13.8. The van der Waals surface area contributed by atoms with E-state index in [1.807, 2.05) is 0 Å². The molecule has 0 radical (unpaired) electrons. The van der Waals surface area contributed by atoms with Crippen molar-refractivity contribution in [1.29, 1.82) is 0 Å². The minimum atomic E-state index is -4.14. The summed E-state index contributed by atoms with van der Waals surface area (Å²) in [6.07, 6.45) is -1.04. The highest BCUT2D eigenvalue weighted by molar-refractivity contribution is 7.92. The van der Waals surface area contributed by atoms with E-state index in [9.17, 15) is 22.4 Å². The average molecular weight is 408 g/mol. The number of rotatable bonds is 7. The Morgan fingerprint density at radius 3 is 2.50 bits per heavy atom. The summed E-state index contributed by atoms with van der Waals surface area (Å²) in [7, 11) is -4.14. The zero-order valence-electron chi connectivity index (χ0n) is 15.7. The van der Waals surface area contributed by atoms with Crippen molar-refractivity contribution in [3.8, 4) is 0 Å². The van der Waals surface area contributed by atoms with E-state index in [1.54, 1.807) is 13.8 Å². The summed E-state index contributed by atoms with van der Waals surface area (Å²) in [5.41, 5.74) is 0.252. The standard InChI is InChI=1S/C19H21FN2O5S/c1-4-21-18(23)13(3)27-19(24)15-11-14(10-9-12(15)2)28(25,26)22-17-8-6-5-7-16(17)20/h5-11,13,22H,4H2,1-3H3,(H,21,23)/t13-/m0/s1. The molecule has 0 bridgehead atoms. The number of likely N-dealkylation sites (N-methyl/N-ethyl adjacent to an activating group) is 1. The van der Waals surface area contributed by atoms with Crippen LogP contribution in [0, 0.1) is 12.7 Å². The molecule has 7 nitrogen and oxygen atoms in total. The van der Waals surface area contributed by atoms with Gasteiger partial charge in [0.25, 0.3) is 15.9 Å². The van der Waals surface area contributed by atoms with E-state index >= 15 is 0 Å². The van der Waals surface area contributed by atoms with Crippen molar-refractivity contribution in [2.24, 2.45) is 0 Å². The minimum Gasteiger partial charge on any atom is -0.449 e. The maximum atomic E-state index is 13.8. The van der Waals surface area contributed by atoms with Gasteiger partial charge in [-0.3, -0.25) is 9.52 Å². The summed E-state index contributed by atoms with van der Waals surface area (Å²) < 4.78 is 46.1. The van der Waals surface area contributed by atoms with Gasteiger partial charge < -0.3 is 10.1 Å². The Balaban J connectivity index is 2.28. The second-order valence-corrected chi connectivity index (χ2v) is 7.69. The molecule has 2 aromatic carbocycles. The van der Waals surface area contributed by atoms with Gasteiger partial charge in [-0.1, -0.05) is 18.2 Å². The van der Waals surface area contributed by atoms with Crippen molar-refractivity contribution < 1.29 is 27.1 Å². The number of amides is 1. The molecule has 0 fully saturated rings. The molecule has 1 amide bonds. The molecule has 2 aromatic rings. The molecule has 0 heterocycles. The molecule has 0 aliphatic carbocycles. The molecule has 0 unspecified atom stereocenters. The van der Waals surface area contributed by atoms with Crippen LogP contribution in [0.25, 0.3) is 0 Å². The van der Waals surface area contributed by atoms with Gasteiger partial charge in [-0.2, -0.15) is 0 Å². The normalized spacial score (nSPS) is 12.1. The number of hydrogen-bond donors (Lipinski definition) is 2. The molecule has 150 valence electrons. The van der Waals surface area contributed by atoms with Crippen molar-refractivity contribution >= 4 is 27.6 Å². The summed E-state index contributed by atoms with van der Waals surface area (Å²) in [5, 5.41) is 2.53. The van der Waals surface area contributed by atoms with Crippen LogP contribution in [0.3, 0.4) is 0 Å². The highest BCUT2D eigenvalue weighted by Crippen LogP contribution is 2.21. The largest absolute Gasteiger partial charge is 0.449 e. The van der Waals surface area contributed by atoms with E-state index < -0.39 is 33.8 Å². The number of carbonyl (C=O) groups excluding carboxylic acids is 2. The van der Waals surface area contributed by atoms with E-state index in [-0.39, 0.29) is 16.1 Å². The SMILES string of the molecule is CCNC(=O)[C@H](C)OC(=O)c1cc(S(=O)(=O)Nc2ccccc2F)ccc1C. The molecular weight excluding hydrogens is 387 g/mol. The van der Waals surface area contributed by atoms with Gasteiger partial charge in [-0.05, 0) is 50.6 Å². The lowest BCUT2D eigenvalue weighted by molar-refractivity contribution is -0.128. The Bertz CT molecular complexity index is 992. The molecule has 1 atom stereocenters. The van der Waals surface area contributed by atoms with Gasteiger partial charge in [-0.15, -0.1) is 0 Å². The van der Waals surface area contributed by atoms with Gasteiger partial charge >= 0.3 is 5.97 Å². The molecule has 2 N–H and O–H groups in total. The van der Waals surface area contributed by atoms with E-state index in [0.717, 1.165) is 12.1 Å². The third-order valence-electron chi connectivity index (χ3n) is 3.86. The molecular formula is C19H21FN2O5S. The number of sulfonamides is 1. The monoisotopic (exact) mass is 408 g/mol. The second kappa shape index (κ2) is 8.83. The number of benzene rings is 2. The predicted molar refractivity (Wildman–Crippen MR) is 102 cm³/mol. The predicted octanol–water partition coefficient (Wildman–Crippen LogP) is 2.62. The molecule has 28 heavy (non-hydrogen) atoms. The van der Waals surface area contributed by atoms with Crippen LogP contribution in [0.5, 0.6) is 0 Å². The number of carbonyl (C=O) groups is 2. The van der Waals surface area contributed by atoms with Crippen molar-refractivity contribution in [3.05, 3.63) is 59.4 Å². The summed E-state index contributed by atoms with van der Waals surface area (Å²) in [5.74, 6) is -2.02. The maximum Gasteiger partial charge on any atom is 0.339 e. The van der Waals surface area contributed by atoms with Crippen molar-refractivity contribution in [2.75, 3.05) is 11.3 Å². The van der Waals surface area contributed by atoms with Crippen LogP contribution >= 0.6 is 0 Å². The van der Waals surface area contributed by atoms with Crippen LogP contribution in [-0.4, -0.2) is 32.9 Å². The number of anilines is 1. The number of nitrogens with one attached hydrogen (secondary N) is 2. The number of para-hydroxylation sites is 1. The van der Waals surface area contributed by atoms with E-state index in [2.05, 4.69) is 10.0 Å². The summed E-state index contributed by atoms with van der Waals surface area (Å²) in [4.78, 5) is 23.9. The highest BCUT2D eigenvalue weighted by Gasteiger charge is 2.23. The molecule has 0 saturated carbocycles. The fourth-order valence-electron chi connectivity index (χ4n) is 2.33. The Labute approximate surface area is 163 Å².